The Balaban J connectivity index is 1.04. The van der Waals surface area contributed by atoms with Crippen LogP contribution < -0.4 is 9.80 Å². The summed E-state index contributed by atoms with van der Waals surface area (Å²) < 4.78 is 16.4. The lowest BCUT2D eigenvalue weighted by Crippen LogP contribution is -2.28. The van der Waals surface area contributed by atoms with Crippen LogP contribution >= 0.6 is 11.3 Å². The number of rotatable bonds is 6. The van der Waals surface area contributed by atoms with Gasteiger partial charge >= 0.3 is 0 Å². The number of furan rings is 2. The fraction of sp³-hybridized carbons (Fsp3) is 0.0159. The van der Waals surface area contributed by atoms with E-state index >= 15 is 0 Å². The summed E-state index contributed by atoms with van der Waals surface area (Å²) in [5.74, 6) is 0.950. The molecule has 5 heteroatoms. The van der Waals surface area contributed by atoms with E-state index in [1.54, 1.807) is 0 Å². The standard InChI is InChI=1S/C63H38N2O2S/c1-3-16-39(17-4-1)64(41-32-35-59-51(37-41)47-22-10-14-29-58(47)68-59)43-30-33-45-44-20-7-11-25-52(44)63(53(45)38-43)61-49(60-48-23-9-13-28-56(48)67-62(60)63)24-15-26-54(61)65(40-18-5-2-6-19-40)42-31-34-57-50(36-42)46-21-8-12-27-55(46)66-57/h1-38H. The highest BCUT2D eigenvalue weighted by Crippen LogP contribution is 2.67. The van der Waals surface area contributed by atoms with Gasteiger partial charge in [0.25, 0.3) is 0 Å². The second-order valence-electron chi connectivity index (χ2n) is 17.9. The molecule has 0 bridgehead atoms. The fourth-order valence-corrected chi connectivity index (χ4v) is 12.8. The second kappa shape index (κ2) is 14.2. The third kappa shape index (κ3) is 5.14. The number of anilines is 6. The van der Waals surface area contributed by atoms with Crippen molar-refractivity contribution in [1.29, 1.82) is 0 Å². The van der Waals surface area contributed by atoms with Crippen LogP contribution in [0.25, 0.3) is 75.3 Å². The van der Waals surface area contributed by atoms with Gasteiger partial charge in [-0.1, -0.05) is 133 Å². The van der Waals surface area contributed by atoms with Crippen molar-refractivity contribution in [2.24, 2.45) is 0 Å². The molecule has 1 unspecified atom stereocenters. The molecule has 1 spiro atoms. The number of hydrogen-bond donors (Lipinski definition) is 0. The largest absolute Gasteiger partial charge is 0.459 e. The van der Waals surface area contributed by atoms with E-state index in [1.165, 1.54) is 53.6 Å². The van der Waals surface area contributed by atoms with Gasteiger partial charge in [-0.2, -0.15) is 0 Å². The zero-order valence-electron chi connectivity index (χ0n) is 36.6. The molecule has 2 aliphatic carbocycles. The van der Waals surface area contributed by atoms with E-state index in [0.29, 0.717) is 0 Å². The SMILES string of the molecule is c1ccc(N(c2ccc3c(c2)C2(c4ccccc4-3)c3oc4ccccc4c3-c3cccc(N(c4ccccc4)c4ccc5oc6ccccc6c5c4)c32)c2ccc3sc4ccccc4c3c2)cc1. The van der Waals surface area contributed by atoms with E-state index in [-0.39, 0.29) is 0 Å². The number of para-hydroxylation sites is 4. The highest BCUT2D eigenvalue weighted by Gasteiger charge is 2.57. The third-order valence-corrected chi connectivity index (χ3v) is 15.6. The van der Waals surface area contributed by atoms with Gasteiger partial charge in [0.05, 0.1) is 5.69 Å². The molecule has 0 radical (unpaired) electrons. The lowest BCUT2D eigenvalue weighted by molar-refractivity contribution is 0.507. The molecule has 0 saturated heterocycles. The first-order valence-corrected chi connectivity index (χ1v) is 24.0. The molecule has 3 heterocycles. The van der Waals surface area contributed by atoms with Crippen LogP contribution in [0.3, 0.4) is 0 Å². The van der Waals surface area contributed by atoms with Crippen LogP contribution in [0.15, 0.2) is 239 Å². The normalized spacial score (nSPS) is 14.5. The molecule has 10 aromatic carbocycles. The Labute approximate surface area is 395 Å². The van der Waals surface area contributed by atoms with E-state index < -0.39 is 5.41 Å². The molecule has 0 N–H and O–H groups in total. The summed E-state index contributed by atoms with van der Waals surface area (Å²) in [6.07, 6.45) is 0. The number of hydrogen-bond acceptors (Lipinski definition) is 5. The molecular weight excluding hydrogens is 849 g/mol. The van der Waals surface area contributed by atoms with E-state index in [0.717, 1.165) is 78.4 Å². The van der Waals surface area contributed by atoms with Gasteiger partial charge in [0, 0.05) is 75.9 Å². The van der Waals surface area contributed by atoms with Crippen molar-refractivity contribution in [3.05, 3.63) is 253 Å². The molecule has 13 aromatic rings. The predicted molar refractivity (Wildman–Crippen MR) is 282 cm³/mol. The number of thiophene rings is 1. The summed E-state index contributed by atoms with van der Waals surface area (Å²) in [7, 11) is 0. The first-order valence-electron chi connectivity index (χ1n) is 23.2. The highest BCUT2D eigenvalue weighted by molar-refractivity contribution is 7.25. The number of benzene rings is 10. The van der Waals surface area contributed by atoms with Crippen molar-refractivity contribution in [2.75, 3.05) is 9.80 Å². The summed E-state index contributed by atoms with van der Waals surface area (Å²) in [6.45, 7) is 0. The molecule has 2 aliphatic rings. The molecule has 318 valence electrons. The van der Waals surface area contributed by atoms with Crippen molar-refractivity contribution in [3.63, 3.8) is 0 Å². The Morgan fingerprint density at radius 1 is 0.338 bits per heavy atom. The summed E-state index contributed by atoms with van der Waals surface area (Å²) in [6, 6.07) is 83.7. The molecule has 1 atom stereocenters. The minimum absolute atomic E-state index is 0.836. The third-order valence-electron chi connectivity index (χ3n) is 14.4. The Morgan fingerprint density at radius 2 is 0.912 bits per heavy atom. The van der Waals surface area contributed by atoms with Crippen molar-refractivity contribution in [1.82, 2.24) is 0 Å². The Bertz CT molecular complexity index is 4180. The molecule has 3 aromatic heterocycles. The zero-order chi connectivity index (χ0) is 44.5. The van der Waals surface area contributed by atoms with Gasteiger partial charge in [-0.15, -0.1) is 11.3 Å². The average molecular weight is 887 g/mol. The zero-order valence-corrected chi connectivity index (χ0v) is 37.4. The number of fused-ring (bicyclic) bond motifs is 18. The van der Waals surface area contributed by atoms with Crippen molar-refractivity contribution >= 4 is 98.5 Å². The fourth-order valence-electron chi connectivity index (χ4n) is 11.7. The smallest absolute Gasteiger partial charge is 0.135 e. The van der Waals surface area contributed by atoms with Crippen molar-refractivity contribution < 1.29 is 8.83 Å². The quantitative estimate of drug-likeness (QED) is 0.167. The van der Waals surface area contributed by atoms with Gasteiger partial charge in [0.2, 0.25) is 0 Å². The molecule has 15 rings (SSSR count). The van der Waals surface area contributed by atoms with Crippen LogP contribution in [-0.4, -0.2) is 0 Å². The predicted octanol–water partition coefficient (Wildman–Crippen LogP) is 18.0. The lowest BCUT2D eigenvalue weighted by atomic mass is 9.72. The molecule has 0 fully saturated rings. The van der Waals surface area contributed by atoms with Crippen LogP contribution in [0.2, 0.25) is 0 Å². The topological polar surface area (TPSA) is 32.8 Å². The monoisotopic (exact) mass is 886 g/mol. The van der Waals surface area contributed by atoms with Gasteiger partial charge in [0.1, 0.15) is 27.9 Å². The Morgan fingerprint density at radius 3 is 1.75 bits per heavy atom. The Hall–Kier alpha value is -8.64. The first kappa shape index (κ1) is 37.6. The summed E-state index contributed by atoms with van der Waals surface area (Å²) in [5, 5.41) is 5.83. The van der Waals surface area contributed by atoms with E-state index in [9.17, 15) is 0 Å². The minimum Gasteiger partial charge on any atom is -0.459 e. The summed E-state index contributed by atoms with van der Waals surface area (Å²) in [5.41, 5.74) is 16.5. The number of nitrogens with zero attached hydrogens (tertiary/aromatic N) is 2. The molecule has 0 saturated carbocycles. The van der Waals surface area contributed by atoms with Gasteiger partial charge in [-0.25, -0.2) is 0 Å². The maximum absolute atomic E-state index is 7.39. The van der Waals surface area contributed by atoms with Crippen molar-refractivity contribution in [2.45, 2.75) is 5.41 Å². The van der Waals surface area contributed by atoms with Gasteiger partial charge < -0.3 is 18.6 Å². The second-order valence-corrected chi connectivity index (χ2v) is 19.0. The van der Waals surface area contributed by atoms with Crippen LogP contribution in [-0.2, 0) is 5.41 Å². The lowest BCUT2D eigenvalue weighted by Gasteiger charge is -2.35. The van der Waals surface area contributed by atoms with Gasteiger partial charge in [-0.3, -0.25) is 0 Å². The van der Waals surface area contributed by atoms with Crippen LogP contribution in [0.4, 0.5) is 34.1 Å². The average Bonchev–Trinajstić information content (AvgIpc) is 4.20. The van der Waals surface area contributed by atoms with Crippen LogP contribution in [0, 0.1) is 0 Å². The van der Waals surface area contributed by atoms with E-state index in [4.69, 9.17) is 8.83 Å². The highest BCUT2D eigenvalue weighted by atomic mass is 32.1. The summed E-state index contributed by atoms with van der Waals surface area (Å²) >= 11 is 1.85. The van der Waals surface area contributed by atoms with Gasteiger partial charge in [-0.05, 0) is 125 Å². The van der Waals surface area contributed by atoms with Crippen LogP contribution in [0.1, 0.15) is 22.5 Å². The maximum Gasteiger partial charge on any atom is 0.135 e. The molecule has 0 aliphatic heterocycles. The molecule has 0 amide bonds. The van der Waals surface area contributed by atoms with Gasteiger partial charge in [0.15, 0.2) is 0 Å². The molecular formula is C63H38N2O2S. The van der Waals surface area contributed by atoms with Crippen molar-refractivity contribution in [3.8, 4) is 22.3 Å². The molecule has 68 heavy (non-hydrogen) atoms. The van der Waals surface area contributed by atoms with E-state index in [2.05, 4.69) is 228 Å². The summed E-state index contributed by atoms with van der Waals surface area (Å²) in [4.78, 5) is 4.86. The minimum atomic E-state index is -0.836. The Kier molecular flexibility index (Phi) is 7.83. The molecule has 4 nitrogen and oxygen atoms in total. The van der Waals surface area contributed by atoms with Crippen LogP contribution in [0.5, 0.6) is 0 Å². The first-order chi connectivity index (χ1) is 33.7. The maximum atomic E-state index is 7.39. The van der Waals surface area contributed by atoms with E-state index in [1.807, 2.05) is 23.5 Å².